The van der Waals surface area contributed by atoms with Gasteiger partial charge in [0.15, 0.2) is 11.6 Å². The standard InChI is InChI=1S/C32H43N7O3S/c1-3-24(23-8-6-12-38(23)2)42-27-13-26(39-14-19-16-41-17-20(15-39)35-19)36-31(37-27)29(34)21-7-4-10-32(30(21)40)11-5-9-25-28(32)22(33)18-43-25/h3,13,18-20,23-24,35H,1,4-12,14-17,33-34H2,2H3/b29-21-/t19?,20?,23-,24-,32-/m0/s1. The molecular weight excluding hydrogens is 562 g/mol. The number of ketones is 1. The summed E-state index contributed by atoms with van der Waals surface area (Å²) in [4.78, 5) is 30.1. The molecule has 0 aromatic carbocycles. The molecule has 2 aromatic rings. The molecule has 5 atom stereocenters. The number of hydrogen-bond acceptors (Lipinski definition) is 11. The van der Waals surface area contributed by atoms with Crippen molar-refractivity contribution in [2.45, 2.75) is 81.0 Å². The minimum atomic E-state index is -0.607. The molecular formula is C32H43N7O3S. The molecule has 11 heteroatoms. The number of piperazine rings is 1. The van der Waals surface area contributed by atoms with Crippen LogP contribution in [-0.4, -0.2) is 84.8 Å². The quantitative estimate of drug-likeness (QED) is 0.334. The molecule has 230 valence electrons. The first-order valence-corrected chi connectivity index (χ1v) is 16.6. The fourth-order valence-corrected chi connectivity index (χ4v) is 9.17. The molecule has 1 saturated carbocycles. The molecule has 3 aliphatic heterocycles. The lowest BCUT2D eigenvalue weighted by Gasteiger charge is -2.42. The molecule has 5 aliphatic rings. The van der Waals surface area contributed by atoms with E-state index < -0.39 is 5.41 Å². The van der Waals surface area contributed by atoms with Crippen LogP contribution in [0.5, 0.6) is 5.88 Å². The Labute approximate surface area is 257 Å². The molecule has 10 nitrogen and oxygen atoms in total. The number of likely N-dealkylation sites (N-methyl/N-ethyl adjacent to an activating group) is 1. The Kier molecular flexibility index (Phi) is 7.69. The molecule has 1 spiro atoms. The maximum Gasteiger partial charge on any atom is 0.219 e. The average Bonchev–Trinajstić information content (AvgIpc) is 3.62. The summed E-state index contributed by atoms with van der Waals surface area (Å²) in [5.41, 5.74) is 15.5. The van der Waals surface area contributed by atoms with Crippen LogP contribution in [0.1, 0.15) is 61.2 Å². The number of morpholine rings is 1. The van der Waals surface area contributed by atoms with E-state index in [1.807, 2.05) is 17.5 Å². The van der Waals surface area contributed by atoms with Gasteiger partial charge in [0.1, 0.15) is 11.9 Å². The molecule has 4 fully saturated rings. The van der Waals surface area contributed by atoms with E-state index >= 15 is 0 Å². The third-order valence-electron chi connectivity index (χ3n) is 10.1. The fraction of sp³-hybridized carbons (Fsp3) is 0.594. The molecule has 0 radical (unpaired) electrons. The highest BCUT2D eigenvalue weighted by Crippen LogP contribution is 2.51. The third kappa shape index (κ3) is 5.13. The molecule has 7 rings (SSSR count). The first kappa shape index (κ1) is 28.8. The van der Waals surface area contributed by atoms with E-state index in [4.69, 9.17) is 30.9 Å². The molecule has 5 N–H and O–H groups in total. The highest BCUT2D eigenvalue weighted by molar-refractivity contribution is 7.10. The second kappa shape index (κ2) is 11.5. The smallest absolute Gasteiger partial charge is 0.219 e. The van der Waals surface area contributed by atoms with Gasteiger partial charge in [-0.2, -0.15) is 4.98 Å². The Bertz CT molecular complexity index is 1430. The Morgan fingerprint density at radius 2 is 2.00 bits per heavy atom. The molecule has 2 aliphatic carbocycles. The van der Waals surface area contributed by atoms with Gasteiger partial charge in [0.05, 0.1) is 30.4 Å². The molecule has 5 heterocycles. The average molecular weight is 606 g/mol. The van der Waals surface area contributed by atoms with Crippen LogP contribution < -0.4 is 26.4 Å². The number of rotatable bonds is 6. The minimum absolute atomic E-state index is 0.0872. The van der Waals surface area contributed by atoms with Crippen LogP contribution in [0.2, 0.25) is 0 Å². The van der Waals surface area contributed by atoms with Crippen LogP contribution in [0.25, 0.3) is 5.70 Å². The number of nitrogens with one attached hydrogen (secondary N) is 1. The van der Waals surface area contributed by atoms with E-state index in [9.17, 15) is 4.79 Å². The number of ether oxygens (including phenoxy) is 2. The number of nitrogen functional groups attached to an aromatic ring is 1. The van der Waals surface area contributed by atoms with E-state index in [2.05, 4.69) is 28.7 Å². The molecule has 0 amide bonds. The predicted octanol–water partition coefficient (Wildman–Crippen LogP) is 3.02. The van der Waals surface area contributed by atoms with Crippen LogP contribution >= 0.6 is 11.3 Å². The van der Waals surface area contributed by atoms with E-state index in [-0.39, 0.29) is 30.0 Å². The SMILES string of the molecule is C=C[C@H](Oc1cc(N2CC3COCC(C2)N3)nc(/C(N)=C2\CCC[C@@]3(CCCc4scc(N)c43)C2=O)n1)[C@@H]1CCCN1C. The number of anilines is 2. The number of aromatic nitrogens is 2. The van der Waals surface area contributed by atoms with E-state index in [0.717, 1.165) is 81.6 Å². The summed E-state index contributed by atoms with van der Waals surface area (Å²) in [7, 11) is 2.12. The van der Waals surface area contributed by atoms with Gasteiger partial charge in [-0.3, -0.25) is 9.69 Å². The Hall–Kier alpha value is -2.99. The molecule has 2 bridgehead atoms. The zero-order valence-electron chi connectivity index (χ0n) is 25.0. The normalized spacial score (nSPS) is 31.1. The van der Waals surface area contributed by atoms with Gasteiger partial charge in [-0.25, -0.2) is 4.98 Å². The first-order valence-electron chi connectivity index (χ1n) is 15.7. The predicted molar refractivity (Wildman–Crippen MR) is 169 cm³/mol. The van der Waals surface area contributed by atoms with Crippen molar-refractivity contribution in [3.05, 3.63) is 45.9 Å². The van der Waals surface area contributed by atoms with Crippen molar-refractivity contribution in [2.24, 2.45) is 5.73 Å². The number of hydrogen-bond donors (Lipinski definition) is 3. The van der Waals surface area contributed by atoms with Gasteiger partial charge in [0.2, 0.25) is 5.88 Å². The summed E-state index contributed by atoms with van der Waals surface area (Å²) in [6.07, 6.45) is 8.82. The number of nitrogens with two attached hydrogens (primary N) is 2. The lowest BCUT2D eigenvalue weighted by Crippen LogP contribution is -2.63. The number of carbonyl (C=O) groups excluding carboxylic acids is 1. The summed E-state index contributed by atoms with van der Waals surface area (Å²) in [5, 5.41) is 5.63. The number of likely N-dealkylation sites (tertiary alicyclic amines) is 1. The summed E-state index contributed by atoms with van der Waals surface area (Å²) < 4.78 is 12.3. The van der Waals surface area contributed by atoms with Gasteiger partial charge in [-0.15, -0.1) is 11.3 Å². The summed E-state index contributed by atoms with van der Waals surface area (Å²) in [5.74, 6) is 1.65. The van der Waals surface area contributed by atoms with Gasteiger partial charge in [0, 0.05) is 58.3 Å². The topological polar surface area (TPSA) is 132 Å². The van der Waals surface area contributed by atoms with Crippen LogP contribution in [0.15, 0.2) is 29.7 Å². The van der Waals surface area contributed by atoms with Crippen molar-refractivity contribution in [1.82, 2.24) is 20.2 Å². The molecule has 3 saturated heterocycles. The number of aryl methyl sites for hydroxylation is 1. The Morgan fingerprint density at radius 1 is 1.23 bits per heavy atom. The van der Waals surface area contributed by atoms with Crippen molar-refractivity contribution in [3.8, 4) is 5.88 Å². The first-order chi connectivity index (χ1) is 20.9. The van der Waals surface area contributed by atoms with Gasteiger partial charge in [-0.1, -0.05) is 6.58 Å². The highest BCUT2D eigenvalue weighted by Gasteiger charge is 2.48. The molecule has 2 aromatic heterocycles. The van der Waals surface area contributed by atoms with E-state index in [1.54, 1.807) is 11.3 Å². The van der Waals surface area contributed by atoms with Crippen molar-refractivity contribution in [2.75, 3.05) is 50.5 Å². The van der Waals surface area contributed by atoms with Crippen molar-refractivity contribution in [1.29, 1.82) is 0 Å². The van der Waals surface area contributed by atoms with Crippen molar-refractivity contribution >= 4 is 34.3 Å². The Balaban J connectivity index is 1.27. The Morgan fingerprint density at radius 3 is 2.72 bits per heavy atom. The lowest BCUT2D eigenvalue weighted by molar-refractivity contribution is -0.122. The second-order valence-corrected chi connectivity index (χ2v) is 13.9. The maximum atomic E-state index is 14.4. The van der Waals surface area contributed by atoms with Crippen molar-refractivity contribution < 1.29 is 14.3 Å². The van der Waals surface area contributed by atoms with E-state index in [0.29, 0.717) is 42.6 Å². The summed E-state index contributed by atoms with van der Waals surface area (Å²) in [6.45, 7) is 7.94. The molecule has 43 heavy (non-hydrogen) atoms. The maximum absolute atomic E-state index is 14.4. The monoisotopic (exact) mass is 605 g/mol. The van der Waals surface area contributed by atoms with Crippen LogP contribution in [0.4, 0.5) is 11.5 Å². The fourth-order valence-electron chi connectivity index (χ4n) is 8.08. The lowest BCUT2D eigenvalue weighted by atomic mass is 9.61. The number of Topliss-reactive ketones (excluding diaryl/α,β-unsaturated/α-hetero) is 1. The number of carbonyl (C=O) groups is 1. The third-order valence-corrected chi connectivity index (χ3v) is 11.2. The molecule has 2 unspecified atom stereocenters. The van der Waals surface area contributed by atoms with Crippen LogP contribution in [0, 0.1) is 0 Å². The van der Waals surface area contributed by atoms with Crippen LogP contribution in [-0.2, 0) is 21.4 Å². The number of thiophene rings is 1. The van der Waals surface area contributed by atoms with Gasteiger partial charge in [0.25, 0.3) is 0 Å². The van der Waals surface area contributed by atoms with Crippen molar-refractivity contribution in [3.63, 3.8) is 0 Å². The zero-order chi connectivity index (χ0) is 29.7. The number of allylic oxidation sites excluding steroid dienone is 1. The van der Waals surface area contributed by atoms with Crippen LogP contribution in [0.3, 0.4) is 0 Å². The summed E-state index contributed by atoms with van der Waals surface area (Å²) in [6, 6.07) is 2.58. The largest absolute Gasteiger partial charge is 0.468 e. The number of nitrogens with zero attached hydrogens (tertiary/aromatic N) is 4. The van der Waals surface area contributed by atoms with E-state index in [1.165, 1.54) is 4.88 Å². The van der Waals surface area contributed by atoms with Gasteiger partial charge < -0.3 is 31.2 Å². The second-order valence-electron chi connectivity index (χ2n) is 12.9. The minimum Gasteiger partial charge on any atom is -0.468 e. The highest BCUT2D eigenvalue weighted by atomic mass is 32.1. The zero-order valence-corrected chi connectivity index (χ0v) is 25.8. The summed E-state index contributed by atoms with van der Waals surface area (Å²) >= 11 is 1.68. The number of fused-ring (bicyclic) bond motifs is 4. The van der Waals surface area contributed by atoms with Gasteiger partial charge in [-0.05, 0) is 71.0 Å². The van der Waals surface area contributed by atoms with Gasteiger partial charge >= 0.3 is 0 Å².